The van der Waals surface area contributed by atoms with Crippen LogP contribution >= 0.6 is 0 Å². The standard InChI is InChI=1S/C15H22O3.Na.H/c1-2-3-4-5-6-9-12-18-15(17)13-10-7-8-11-14(13)16;;/h7-8,10-11,16H,2-6,9,12H2,1H3;;. The Balaban J connectivity index is 0.00000324. The summed E-state index contributed by atoms with van der Waals surface area (Å²) in [6.45, 7) is 2.62. The second kappa shape index (κ2) is 11.3. The average molecular weight is 274 g/mol. The van der Waals surface area contributed by atoms with E-state index < -0.39 is 5.97 Å². The van der Waals surface area contributed by atoms with E-state index in [1.54, 1.807) is 18.2 Å². The summed E-state index contributed by atoms with van der Waals surface area (Å²) >= 11 is 0. The van der Waals surface area contributed by atoms with Crippen molar-refractivity contribution in [3.63, 3.8) is 0 Å². The summed E-state index contributed by atoms with van der Waals surface area (Å²) in [5, 5.41) is 9.48. The first-order valence-corrected chi connectivity index (χ1v) is 6.70. The summed E-state index contributed by atoms with van der Waals surface area (Å²) < 4.78 is 5.12. The molecular weight excluding hydrogens is 251 g/mol. The fourth-order valence-corrected chi connectivity index (χ4v) is 1.77. The third kappa shape index (κ3) is 7.61. The van der Waals surface area contributed by atoms with Gasteiger partial charge >= 0.3 is 35.5 Å². The monoisotopic (exact) mass is 274 g/mol. The van der Waals surface area contributed by atoms with E-state index in [9.17, 15) is 9.90 Å². The van der Waals surface area contributed by atoms with Gasteiger partial charge in [0.15, 0.2) is 0 Å². The molecule has 0 aliphatic carbocycles. The van der Waals surface area contributed by atoms with E-state index in [1.807, 2.05) is 0 Å². The molecule has 0 radical (unpaired) electrons. The van der Waals surface area contributed by atoms with Crippen LogP contribution in [0, 0.1) is 0 Å². The number of carbonyl (C=O) groups is 1. The molecule has 1 aromatic rings. The van der Waals surface area contributed by atoms with Gasteiger partial charge in [-0.05, 0) is 18.6 Å². The summed E-state index contributed by atoms with van der Waals surface area (Å²) in [6, 6.07) is 6.45. The van der Waals surface area contributed by atoms with Crippen LogP contribution in [0.4, 0.5) is 0 Å². The van der Waals surface area contributed by atoms with Gasteiger partial charge in [-0.1, -0.05) is 51.2 Å². The van der Waals surface area contributed by atoms with Crippen molar-refractivity contribution >= 4 is 35.5 Å². The average Bonchev–Trinajstić information content (AvgIpc) is 2.38. The summed E-state index contributed by atoms with van der Waals surface area (Å²) in [5.41, 5.74) is 0.239. The van der Waals surface area contributed by atoms with Gasteiger partial charge in [0.25, 0.3) is 0 Å². The summed E-state index contributed by atoms with van der Waals surface area (Å²) in [6.07, 6.45) is 6.95. The molecule has 0 unspecified atom stereocenters. The SMILES string of the molecule is CCCCCCCCOC(=O)c1ccccc1O.[NaH]. The predicted molar refractivity (Wildman–Crippen MR) is 78.9 cm³/mol. The van der Waals surface area contributed by atoms with Crippen molar-refractivity contribution in [2.24, 2.45) is 0 Å². The number of benzene rings is 1. The van der Waals surface area contributed by atoms with E-state index in [-0.39, 0.29) is 40.9 Å². The number of hydrogen-bond donors (Lipinski definition) is 1. The van der Waals surface area contributed by atoms with Crippen LogP contribution in [0.25, 0.3) is 0 Å². The third-order valence-corrected chi connectivity index (χ3v) is 2.86. The molecule has 0 atom stereocenters. The number of rotatable bonds is 8. The second-order valence-corrected chi connectivity index (χ2v) is 4.42. The molecule has 0 aliphatic rings. The van der Waals surface area contributed by atoms with Crippen LogP contribution in [-0.2, 0) is 4.74 Å². The molecule has 1 aromatic carbocycles. The molecule has 102 valence electrons. The first-order chi connectivity index (χ1) is 8.75. The molecule has 0 saturated heterocycles. The van der Waals surface area contributed by atoms with Gasteiger partial charge in [-0.15, -0.1) is 0 Å². The van der Waals surface area contributed by atoms with Gasteiger partial charge < -0.3 is 9.84 Å². The summed E-state index contributed by atoms with van der Waals surface area (Å²) in [5.74, 6) is -0.466. The van der Waals surface area contributed by atoms with Crippen molar-refractivity contribution in [1.82, 2.24) is 0 Å². The van der Waals surface area contributed by atoms with Crippen molar-refractivity contribution in [2.75, 3.05) is 6.61 Å². The van der Waals surface area contributed by atoms with Crippen LogP contribution in [-0.4, -0.2) is 47.2 Å². The summed E-state index contributed by atoms with van der Waals surface area (Å²) in [4.78, 5) is 11.6. The molecule has 0 bridgehead atoms. The van der Waals surface area contributed by atoms with Crippen molar-refractivity contribution in [3.8, 4) is 5.75 Å². The normalized spacial score (nSPS) is 9.74. The molecule has 3 nitrogen and oxygen atoms in total. The second-order valence-electron chi connectivity index (χ2n) is 4.42. The van der Waals surface area contributed by atoms with Gasteiger partial charge in [-0.2, -0.15) is 0 Å². The van der Waals surface area contributed by atoms with Crippen molar-refractivity contribution in [3.05, 3.63) is 29.8 Å². The Hall–Kier alpha value is -0.510. The van der Waals surface area contributed by atoms with Gasteiger partial charge in [-0.3, -0.25) is 0 Å². The number of hydrogen-bond acceptors (Lipinski definition) is 3. The van der Waals surface area contributed by atoms with E-state index >= 15 is 0 Å². The Morgan fingerprint density at radius 3 is 2.42 bits per heavy atom. The molecule has 0 aliphatic heterocycles. The first kappa shape index (κ1) is 18.5. The Morgan fingerprint density at radius 2 is 1.74 bits per heavy atom. The number of phenols is 1. The minimum atomic E-state index is -0.443. The minimum absolute atomic E-state index is 0. The fourth-order valence-electron chi connectivity index (χ4n) is 1.77. The Bertz CT molecular complexity index is 366. The molecule has 4 heteroatoms. The van der Waals surface area contributed by atoms with Crippen molar-refractivity contribution < 1.29 is 14.6 Å². The van der Waals surface area contributed by atoms with Crippen LogP contribution < -0.4 is 0 Å². The molecule has 1 N–H and O–H groups in total. The zero-order valence-electron chi connectivity index (χ0n) is 11.0. The number of phenolic OH excluding ortho intramolecular Hbond substituents is 1. The Kier molecular flexibility index (Phi) is 11.0. The zero-order chi connectivity index (χ0) is 13.2. The molecular formula is C15H23NaO3. The molecule has 0 aromatic heterocycles. The van der Waals surface area contributed by atoms with Gasteiger partial charge in [-0.25, -0.2) is 4.79 Å². The van der Waals surface area contributed by atoms with Gasteiger partial charge in [0.2, 0.25) is 0 Å². The molecule has 0 fully saturated rings. The fraction of sp³-hybridized carbons (Fsp3) is 0.533. The van der Waals surface area contributed by atoms with Crippen LogP contribution in [0.1, 0.15) is 55.8 Å². The molecule has 0 spiro atoms. The van der Waals surface area contributed by atoms with Crippen LogP contribution in [0.3, 0.4) is 0 Å². The molecule has 0 amide bonds. The van der Waals surface area contributed by atoms with Gasteiger partial charge in [0.1, 0.15) is 11.3 Å². The number of esters is 1. The third-order valence-electron chi connectivity index (χ3n) is 2.86. The molecule has 0 saturated carbocycles. The van der Waals surface area contributed by atoms with Crippen molar-refractivity contribution in [2.45, 2.75) is 45.4 Å². The van der Waals surface area contributed by atoms with E-state index in [1.165, 1.54) is 31.7 Å². The zero-order valence-corrected chi connectivity index (χ0v) is 11.0. The number of ether oxygens (including phenoxy) is 1. The first-order valence-electron chi connectivity index (χ1n) is 6.70. The maximum absolute atomic E-state index is 11.6. The van der Waals surface area contributed by atoms with Gasteiger partial charge in [0.05, 0.1) is 6.61 Å². The van der Waals surface area contributed by atoms with Gasteiger partial charge in [0, 0.05) is 0 Å². The number of unbranched alkanes of at least 4 members (excludes halogenated alkanes) is 5. The summed E-state index contributed by atoms with van der Waals surface area (Å²) in [7, 11) is 0. The number of carbonyl (C=O) groups excluding carboxylic acids is 1. The Morgan fingerprint density at radius 1 is 1.11 bits per heavy atom. The van der Waals surface area contributed by atoms with E-state index in [4.69, 9.17) is 4.74 Å². The van der Waals surface area contributed by atoms with E-state index in [0.29, 0.717) is 6.61 Å². The quantitative estimate of drug-likeness (QED) is 0.449. The molecule has 19 heavy (non-hydrogen) atoms. The predicted octanol–water partition coefficient (Wildman–Crippen LogP) is 3.26. The maximum atomic E-state index is 11.6. The molecule has 0 heterocycles. The van der Waals surface area contributed by atoms with E-state index in [0.717, 1.165) is 12.8 Å². The van der Waals surface area contributed by atoms with Crippen LogP contribution in [0.15, 0.2) is 24.3 Å². The molecule has 1 rings (SSSR count). The number of aromatic hydroxyl groups is 1. The van der Waals surface area contributed by atoms with E-state index in [2.05, 4.69) is 6.92 Å². The topological polar surface area (TPSA) is 46.5 Å². The Labute approximate surface area is 137 Å². The van der Waals surface area contributed by atoms with Crippen LogP contribution in [0.2, 0.25) is 0 Å². The van der Waals surface area contributed by atoms with Crippen LogP contribution in [0.5, 0.6) is 5.75 Å². The number of para-hydroxylation sites is 1. The van der Waals surface area contributed by atoms with Crippen molar-refractivity contribution in [1.29, 1.82) is 0 Å².